The summed E-state index contributed by atoms with van der Waals surface area (Å²) in [6.07, 6.45) is 1.19. The van der Waals surface area contributed by atoms with Gasteiger partial charge in [-0.25, -0.2) is 4.79 Å². The number of hydrogen-bond donors (Lipinski definition) is 2. The number of fused-ring (bicyclic) bond motifs is 1. The van der Waals surface area contributed by atoms with Gasteiger partial charge in [0.05, 0.1) is 5.52 Å². The summed E-state index contributed by atoms with van der Waals surface area (Å²) < 4.78 is 7.55. The molecule has 1 aromatic heterocycles. The van der Waals surface area contributed by atoms with Gasteiger partial charge in [0.15, 0.2) is 0 Å². The van der Waals surface area contributed by atoms with Crippen molar-refractivity contribution in [2.45, 2.75) is 38.8 Å². The van der Waals surface area contributed by atoms with E-state index in [4.69, 9.17) is 15.6 Å². The molecule has 0 saturated heterocycles. The fourth-order valence-electron chi connectivity index (χ4n) is 2.26. The Kier molecular flexibility index (Phi) is 4.81. The van der Waals surface area contributed by atoms with Crippen LogP contribution in [0.5, 0.6) is 0 Å². The summed E-state index contributed by atoms with van der Waals surface area (Å²) in [6.45, 7) is 5.36. The van der Waals surface area contributed by atoms with Crippen molar-refractivity contribution in [3.8, 4) is 0 Å². The lowest BCUT2D eigenvalue weighted by Crippen LogP contribution is -2.32. The van der Waals surface area contributed by atoms with E-state index < -0.39 is 23.7 Å². The molecule has 0 spiro atoms. The topological polar surface area (TPSA) is 94.5 Å². The first-order valence-corrected chi connectivity index (χ1v) is 7.89. The number of nitrogens with zero attached hydrogens (tertiary/aromatic N) is 1. The Morgan fingerprint density at radius 1 is 1.39 bits per heavy atom. The van der Waals surface area contributed by atoms with Crippen LogP contribution >= 0.6 is 15.9 Å². The van der Waals surface area contributed by atoms with Crippen molar-refractivity contribution >= 4 is 38.9 Å². The van der Waals surface area contributed by atoms with Gasteiger partial charge in [0.25, 0.3) is 0 Å². The van der Waals surface area contributed by atoms with Crippen molar-refractivity contribution in [2.24, 2.45) is 5.73 Å². The van der Waals surface area contributed by atoms with Crippen molar-refractivity contribution < 1.29 is 19.4 Å². The van der Waals surface area contributed by atoms with Gasteiger partial charge >= 0.3 is 12.1 Å². The van der Waals surface area contributed by atoms with Gasteiger partial charge in [-0.05, 0) is 38.5 Å². The van der Waals surface area contributed by atoms with E-state index in [1.807, 2.05) is 6.07 Å². The van der Waals surface area contributed by atoms with Gasteiger partial charge in [-0.3, -0.25) is 9.36 Å². The van der Waals surface area contributed by atoms with Gasteiger partial charge in [0.2, 0.25) is 0 Å². The smallest absolute Gasteiger partial charge is 0.419 e. The molecule has 1 aromatic carbocycles. The first kappa shape index (κ1) is 17.5. The number of rotatable bonds is 3. The molecule has 0 amide bonds. The molecule has 1 atom stereocenters. The largest absolute Gasteiger partial charge is 0.480 e. The van der Waals surface area contributed by atoms with Crippen molar-refractivity contribution in [1.82, 2.24) is 4.57 Å². The standard InChI is InChI=1S/C16H19BrN2O4/c1-16(2,3)23-15(22)19-8-9(7-11(18)14(20)21)13-10(17)5-4-6-12(13)19/h4-6,8,11H,7,18H2,1-3H3,(H,20,21)/t11-/m0/s1. The highest BCUT2D eigenvalue weighted by Gasteiger charge is 2.23. The van der Waals surface area contributed by atoms with E-state index in [1.165, 1.54) is 4.57 Å². The normalized spacial score (nSPS) is 13.1. The van der Waals surface area contributed by atoms with Crippen LogP contribution in [-0.4, -0.2) is 33.4 Å². The molecular formula is C16H19BrN2O4. The van der Waals surface area contributed by atoms with Gasteiger partial charge in [0.1, 0.15) is 11.6 Å². The molecule has 0 aliphatic carbocycles. The molecule has 0 bridgehead atoms. The Bertz CT molecular complexity index is 761. The number of aliphatic carboxylic acids is 1. The highest BCUT2D eigenvalue weighted by molar-refractivity contribution is 9.10. The Hall–Kier alpha value is -1.86. The third kappa shape index (κ3) is 3.92. The second-order valence-electron chi connectivity index (χ2n) is 6.29. The van der Waals surface area contributed by atoms with E-state index in [0.29, 0.717) is 11.1 Å². The molecule has 6 nitrogen and oxygen atoms in total. The third-order valence-corrected chi connectivity index (χ3v) is 3.87. The number of carbonyl (C=O) groups is 2. The van der Waals surface area contributed by atoms with E-state index in [-0.39, 0.29) is 6.42 Å². The Labute approximate surface area is 142 Å². The molecule has 2 rings (SSSR count). The maximum atomic E-state index is 12.4. The fraction of sp³-hybridized carbons (Fsp3) is 0.375. The predicted molar refractivity (Wildman–Crippen MR) is 90.6 cm³/mol. The van der Waals surface area contributed by atoms with Crippen molar-refractivity contribution in [3.63, 3.8) is 0 Å². The highest BCUT2D eigenvalue weighted by Crippen LogP contribution is 2.30. The lowest BCUT2D eigenvalue weighted by molar-refractivity contribution is -0.138. The maximum absolute atomic E-state index is 12.4. The average molecular weight is 383 g/mol. The minimum atomic E-state index is -1.09. The predicted octanol–water partition coefficient (Wildman–Crippen LogP) is 3.14. The molecule has 23 heavy (non-hydrogen) atoms. The number of halogens is 1. The van der Waals surface area contributed by atoms with Crippen LogP contribution in [0.25, 0.3) is 10.9 Å². The van der Waals surface area contributed by atoms with Gasteiger partial charge in [0, 0.05) is 22.5 Å². The van der Waals surface area contributed by atoms with Gasteiger partial charge in [-0.1, -0.05) is 22.0 Å². The Morgan fingerprint density at radius 2 is 2.04 bits per heavy atom. The molecule has 0 aliphatic heterocycles. The minimum absolute atomic E-state index is 0.115. The number of benzene rings is 1. The summed E-state index contributed by atoms with van der Waals surface area (Å²) >= 11 is 3.44. The van der Waals surface area contributed by atoms with Crippen LogP contribution in [0.1, 0.15) is 26.3 Å². The highest BCUT2D eigenvalue weighted by atomic mass is 79.9. The summed E-state index contributed by atoms with van der Waals surface area (Å²) in [5.41, 5.74) is 6.32. The number of ether oxygens (including phenoxy) is 1. The van der Waals surface area contributed by atoms with Gasteiger partial charge in [-0.2, -0.15) is 0 Å². The first-order valence-electron chi connectivity index (χ1n) is 7.10. The second-order valence-corrected chi connectivity index (χ2v) is 7.14. The number of nitrogens with two attached hydrogens (primary N) is 1. The first-order chi connectivity index (χ1) is 10.6. The second kappa shape index (κ2) is 6.33. The number of aromatic nitrogens is 1. The van der Waals surface area contributed by atoms with Gasteiger partial charge < -0.3 is 15.6 Å². The number of hydrogen-bond acceptors (Lipinski definition) is 4. The minimum Gasteiger partial charge on any atom is -0.480 e. The van der Waals surface area contributed by atoms with E-state index in [1.54, 1.807) is 39.1 Å². The van der Waals surface area contributed by atoms with Crippen LogP contribution in [0.2, 0.25) is 0 Å². The van der Waals surface area contributed by atoms with E-state index in [0.717, 1.165) is 9.86 Å². The van der Waals surface area contributed by atoms with Crippen LogP contribution in [0.4, 0.5) is 4.79 Å². The SMILES string of the molecule is CC(C)(C)OC(=O)n1cc(C[C@H](N)C(=O)O)c2c(Br)cccc21. The summed E-state index contributed by atoms with van der Waals surface area (Å²) in [5, 5.41) is 9.78. The van der Waals surface area contributed by atoms with Crippen LogP contribution in [0.3, 0.4) is 0 Å². The van der Waals surface area contributed by atoms with Crippen molar-refractivity contribution in [1.29, 1.82) is 0 Å². The maximum Gasteiger partial charge on any atom is 0.419 e. The monoisotopic (exact) mass is 382 g/mol. The quantitative estimate of drug-likeness (QED) is 0.849. The zero-order valence-corrected chi connectivity index (χ0v) is 14.8. The molecule has 3 N–H and O–H groups in total. The van der Waals surface area contributed by atoms with Gasteiger partial charge in [-0.15, -0.1) is 0 Å². The molecule has 1 heterocycles. The van der Waals surface area contributed by atoms with Crippen LogP contribution in [0, 0.1) is 0 Å². The molecular weight excluding hydrogens is 364 g/mol. The fourth-order valence-corrected chi connectivity index (χ4v) is 2.87. The molecule has 0 unspecified atom stereocenters. The molecule has 0 fully saturated rings. The summed E-state index contributed by atoms with van der Waals surface area (Å²) in [6, 6.07) is 4.37. The lowest BCUT2D eigenvalue weighted by Gasteiger charge is -2.19. The summed E-state index contributed by atoms with van der Waals surface area (Å²) in [5.74, 6) is -1.09. The zero-order chi connectivity index (χ0) is 17.4. The van der Waals surface area contributed by atoms with Crippen molar-refractivity contribution in [2.75, 3.05) is 0 Å². The van der Waals surface area contributed by atoms with E-state index >= 15 is 0 Å². The molecule has 0 aliphatic rings. The van der Waals surface area contributed by atoms with Crippen LogP contribution in [0.15, 0.2) is 28.9 Å². The average Bonchev–Trinajstić information content (AvgIpc) is 2.77. The van der Waals surface area contributed by atoms with E-state index in [9.17, 15) is 9.59 Å². The number of carboxylic acids is 1. The number of carboxylic acid groups (broad SMARTS) is 1. The summed E-state index contributed by atoms with van der Waals surface area (Å²) in [4.78, 5) is 23.4. The summed E-state index contributed by atoms with van der Waals surface area (Å²) in [7, 11) is 0. The van der Waals surface area contributed by atoms with Crippen LogP contribution in [-0.2, 0) is 16.0 Å². The zero-order valence-electron chi connectivity index (χ0n) is 13.2. The third-order valence-electron chi connectivity index (χ3n) is 3.20. The molecule has 2 aromatic rings. The Balaban J connectivity index is 2.53. The molecule has 0 saturated carbocycles. The lowest BCUT2D eigenvalue weighted by atomic mass is 10.1. The molecule has 124 valence electrons. The molecule has 0 radical (unpaired) electrons. The number of carbonyl (C=O) groups excluding carboxylic acids is 1. The van der Waals surface area contributed by atoms with Crippen molar-refractivity contribution in [3.05, 3.63) is 34.4 Å². The van der Waals surface area contributed by atoms with E-state index in [2.05, 4.69) is 15.9 Å². The van der Waals surface area contributed by atoms with Crippen LogP contribution < -0.4 is 5.73 Å². The Morgan fingerprint density at radius 3 is 2.61 bits per heavy atom. The molecule has 7 heteroatoms.